The number of ether oxygens (including phenoxy) is 1. The van der Waals surface area contributed by atoms with Gasteiger partial charge in [-0.05, 0) is 69.5 Å². The summed E-state index contributed by atoms with van der Waals surface area (Å²) in [5.41, 5.74) is 0.906. The van der Waals surface area contributed by atoms with E-state index in [2.05, 4.69) is 22.6 Å². The van der Waals surface area contributed by atoms with Crippen molar-refractivity contribution in [3.63, 3.8) is 0 Å². The summed E-state index contributed by atoms with van der Waals surface area (Å²) in [6.07, 6.45) is 12.1. The molecule has 3 N–H and O–H groups in total. The standard InChI is InChI=1S/C31H37N3O5/c1-8-11-21(4)32-28(36)27(24-16-12-22(9-2)13-17-24)34(10-3)29(37)26(33-30(38)39-31(5,6)7)20-23-14-18-25(35)19-15-23/h2-3,12-19,21,26-27,35H,8,11,20H2,1,4-7H3,(H,32,36)(H,33,38). The first-order chi connectivity index (χ1) is 18.4. The molecule has 0 aliphatic rings. The van der Waals surface area contributed by atoms with Crippen molar-refractivity contribution in [2.75, 3.05) is 0 Å². The third kappa shape index (κ3) is 9.43. The molecule has 2 rings (SSSR count). The maximum Gasteiger partial charge on any atom is 0.408 e. The Balaban J connectivity index is 2.50. The molecular formula is C31H37N3O5. The first-order valence-electron chi connectivity index (χ1n) is 12.8. The van der Waals surface area contributed by atoms with Crippen LogP contribution in [-0.4, -0.2) is 45.6 Å². The van der Waals surface area contributed by atoms with E-state index in [9.17, 15) is 19.5 Å². The third-order valence-electron chi connectivity index (χ3n) is 5.75. The van der Waals surface area contributed by atoms with Crippen LogP contribution in [0.5, 0.6) is 5.75 Å². The molecule has 3 unspecified atom stereocenters. The number of nitrogens with one attached hydrogen (secondary N) is 2. The normalized spacial score (nSPS) is 13.1. The van der Waals surface area contributed by atoms with Crippen LogP contribution in [0.1, 0.15) is 70.2 Å². The Morgan fingerprint density at radius 1 is 1.03 bits per heavy atom. The predicted octanol–water partition coefficient (Wildman–Crippen LogP) is 4.27. The fourth-order valence-electron chi connectivity index (χ4n) is 3.96. The Bertz CT molecular complexity index is 1220. The van der Waals surface area contributed by atoms with Gasteiger partial charge in [0.1, 0.15) is 23.4 Å². The number of alkyl carbamates (subject to hydrolysis) is 1. The van der Waals surface area contributed by atoms with Crippen LogP contribution in [-0.2, 0) is 20.7 Å². The van der Waals surface area contributed by atoms with E-state index in [1.807, 2.05) is 13.8 Å². The monoisotopic (exact) mass is 531 g/mol. The molecule has 0 aliphatic carbocycles. The topological polar surface area (TPSA) is 108 Å². The molecule has 206 valence electrons. The van der Waals surface area contributed by atoms with Gasteiger partial charge in [-0.3, -0.25) is 14.5 Å². The van der Waals surface area contributed by atoms with Crippen LogP contribution in [0, 0.1) is 24.8 Å². The molecule has 0 spiro atoms. The molecule has 0 saturated heterocycles. The largest absolute Gasteiger partial charge is 0.508 e. The lowest BCUT2D eigenvalue weighted by atomic mass is 9.99. The van der Waals surface area contributed by atoms with E-state index < -0.39 is 35.6 Å². The summed E-state index contributed by atoms with van der Waals surface area (Å²) in [7, 11) is 0. The van der Waals surface area contributed by atoms with Crippen molar-refractivity contribution in [2.24, 2.45) is 0 Å². The Labute approximate surface area is 231 Å². The lowest BCUT2D eigenvalue weighted by Crippen LogP contribution is -2.52. The average molecular weight is 532 g/mol. The third-order valence-corrected chi connectivity index (χ3v) is 5.75. The highest BCUT2D eigenvalue weighted by Crippen LogP contribution is 2.24. The Hall–Kier alpha value is -4.43. The summed E-state index contributed by atoms with van der Waals surface area (Å²) in [5.74, 6) is 1.44. The van der Waals surface area contributed by atoms with Crippen molar-refractivity contribution < 1.29 is 24.2 Å². The average Bonchev–Trinajstić information content (AvgIpc) is 2.86. The predicted molar refractivity (Wildman–Crippen MR) is 150 cm³/mol. The van der Waals surface area contributed by atoms with Crippen LogP contribution in [0.25, 0.3) is 0 Å². The van der Waals surface area contributed by atoms with Crippen LogP contribution in [0.3, 0.4) is 0 Å². The number of hydrogen-bond donors (Lipinski definition) is 3. The van der Waals surface area contributed by atoms with Gasteiger partial charge in [-0.15, -0.1) is 6.42 Å². The fourth-order valence-corrected chi connectivity index (χ4v) is 3.96. The quantitative estimate of drug-likeness (QED) is 0.313. The molecule has 0 radical (unpaired) electrons. The van der Waals surface area contributed by atoms with Crippen LogP contribution in [0.15, 0.2) is 48.5 Å². The van der Waals surface area contributed by atoms with Gasteiger partial charge in [0.25, 0.3) is 5.91 Å². The second-order valence-electron chi connectivity index (χ2n) is 10.3. The Morgan fingerprint density at radius 3 is 2.15 bits per heavy atom. The number of phenols is 1. The summed E-state index contributed by atoms with van der Waals surface area (Å²) in [6.45, 7) is 8.99. The Morgan fingerprint density at radius 2 is 1.64 bits per heavy atom. The van der Waals surface area contributed by atoms with Crippen molar-refractivity contribution >= 4 is 17.9 Å². The van der Waals surface area contributed by atoms with Crippen molar-refractivity contribution in [1.29, 1.82) is 0 Å². The van der Waals surface area contributed by atoms with Gasteiger partial charge in [-0.25, -0.2) is 4.79 Å². The molecule has 0 bridgehead atoms. The molecule has 0 saturated carbocycles. The molecule has 2 aromatic carbocycles. The lowest BCUT2D eigenvalue weighted by molar-refractivity contribution is -0.138. The van der Waals surface area contributed by atoms with Gasteiger partial charge in [0.2, 0.25) is 5.91 Å². The molecule has 8 heteroatoms. The summed E-state index contributed by atoms with van der Waals surface area (Å²) < 4.78 is 5.38. The molecule has 0 fully saturated rings. The van der Waals surface area contributed by atoms with Crippen molar-refractivity contribution in [2.45, 2.75) is 77.6 Å². The second kappa shape index (κ2) is 13.9. The number of hydrogen-bond acceptors (Lipinski definition) is 5. The van der Waals surface area contributed by atoms with Crippen LogP contribution >= 0.6 is 0 Å². The highest BCUT2D eigenvalue weighted by molar-refractivity contribution is 5.93. The van der Waals surface area contributed by atoms with Gasteiger partial charge in [-0.2, -0.15) is 0 Å². The minimum Gasteiger partial charge on any atom is -0.508 e. The van der Waals surface area contributed by atoms with Gasteiger partial charge in [0.05, 0.1) is 0 Å². The van der Waals surface area contributed by atoms with E-state index in [4.69, 9.17) is 17.6 Å². The highest BCUT2D eigenvalue weighted by atomic mass is 16.6. The molecule has 39 heavy (non-hydrogen) atoms. The van der Waals surface area contributed by atoms with E-state index >= 15 is 0 Å². The van der Waals surface area contributed by atoms with E-state index in [0.717, 1.165) is 17.7 Å². The first-order valence-corrected chi connectivity index (χ1v) is 12.8. The zero-order valence-corrected chi connectivity index (χ0v) is 23.2. The first kappa shape index (κ1) is 30.8. The number of rotatable bonds is 10. The van der Waals surface area contributed by atoms with E-state index in [1.54, 1.807) is 57.2 Å². The number of carbonyl (C=O) groups is 3. The fraction of sp³-hybridized carbons (Fsp3) is 0.387. The molecular weight excluding hydrogens is 494 g/mol. The summed E-state index contributed by atoms with van der Waals surface area (Å²) >= 11 is 0. The number of nitrogens with zero attached hydrogens (tertiary/aromatic N) is 1. The molecule has 0 heterocycles. The zero-order valence-electron chi connectivity index (χ0n) is 23.2. The number of aromatic hydroxyl groups is 1. The number of terminal acetylenes is 2. The number of phenolic OH excluding ortho intramolecular Hbond substituents is 1. The van der Waals surface area contributed by atoms with Gasteiger partial charge >= 0.3 is 6.09 Å². The lowest BCUT2D eigenvalue weighted by Gasteiger charge is -2.31. The van der Waals surface area contributed by atoms with E-state index in [-0.39, 0.29) is 18.2 Å². The number of amides is 3. The second-order valence-corrected chi connectivity index (χ2v) is 10.3. The highest BCUT2D eigenvalue weighted by Gasteiger charge is 2.36. The maximum absolute atomic E-state index is 14.0. The SMILES string of the molecule is C#Cc1ccc(C(C(=O)NC(C)CCC)N(C#C)C(=O)C(Cc2ccc(O)cc2)NC(=O)OC(C)(C)C)cc1. The molecule has 0 aromatic heterocycles. The smallest absolute Gasteiger partial charge is 0.408 e. The van der Waals surface area contributed by atoms with Gasteiger partial charge in [0.15, 0.2) is 0 Å². The van der Waals surface area contributed by atoms with Crippen LogP contribution < -0.4 is 10.6 Å². The minimum atomic E-state index is -1.18. The Kier molecular flexibility index (Phi) is 11.0. The van der Waals surface area contributed by atoms with Crippen molar-refractivity contribution in [1.82, 2.24) is 15.5 Å². The van der Waals surface area contributed by atoms with Crippen LogP contribution in [0.2, 0.25) is 0 Å². The minimum absolute atomic E-state index is 0.0349. The molecule has 3 amide bonds. The molecule has 2 aromatic rings. The summed E-state index contributed by atoms with van der Waals surface area (Å²) in [6, 6.07) is 12.7. The van der Waals surface area contributed by atoms with Gasteiger partial charge in [0, 0.05) is 24.1 Å². The van der Waals surface area contributed by atoms with Crippen molar-refractivity contribution in [3.05, 3.63) is 65.2 Å². The molecule has 0 aliphatic heterocycles. The maximum atomic E-state index is 14.0. The van der Waals surface area contributed by atoms with Gasteiger partial charge < -0.3 is 20.5 Å². The molecule has 8 nitrogen and oxygen atoms in total. The number of carbonyl (C=O) groups excluding carboxylic acids is 3. The summed E-state index contributed by atoms with van der Waals surface area (Å²) in [4.78, 5) is 41.2. The zero-order chi connectivity index (χ0) is 29.2. The van der Waals surface area contributed by atoms with Crippen LogP contribution in [0.4, 0.5) is 4.79 Å². The van der Waals surface area contributed by atoms with Gasteiger partial charge in [-0.1, -0.05) is 50.0 Å². The van der Waals surface area contributed by atoms with E-state index in [1.165, 1.54) is 12.1 Å². The molecule has 3 atom stereocenters. The summed E-state index contributed by atoms with van der Waals surface area (Å²) in [5, 5.41) is 15.2. The van der Waals surface area contributed by atoms with Crippen molar-refractivity contribution in [3.8, 4) is 30.6 Å². The van der Waals surface area contributed by atoms with E-state index in [0.29, 0.717) is 16.7 Å². The number of benzene rings is 2.